The van der Waals surface area contributed by atoms with Gasteiger partial charge in [-0.15, -0.1) is 5.73 Å². The second-order valence-corrected chi connectivity index (χ2v) is 14.8. The molecule has 44 heavy (non-hydrogen) atoms. The van der Waals surface area contributed by atoms with E-state index in [0.717, 1.165) is 12.8 Å². The van der Waals surface area contributed by atoms with Crippen molar-refractivity contribution in [1.82, 2.24) is 20.3 Å². The van der Waals surface area contributed by atoms with E-state index in [0.29, 0.717) is 49.2 Å². The van der Waals surface area contributed by atoms with Crippen molar-refractivity contribution in [2.45, 2.75) is 101 Å². The first kappa shape index (κ1) is 33.6. The van der Waals surface area contributed by atoms with Gasteiger partial charge in [-0.25, -0.2) is 13.2 Å². The SMILES string of the molecule is CC(C)(C)OC(=O)N[C@H]1CCCCCC=C=C[C@@H]2C[C@@]2(C(=O)NS(=O)(=O)Cc2cccc(Cl)c2)NC(=O)[C@@H]2CCCN2C1=O. The molecule has 0 radical (unpaired) electrons. The molecule has 4 atom stereocenters. The Morgan fingerprint density at radius 3 is 2.66 bits per heavy atom. The summed E-state index contributed by atoms with van der Waals surface area (Å²) in [5.41, 5.74) is 1.23. The van der Waals surface area contributed by atoms with Gasteiger partial charge in [0, 0.05) is 17.5 Å². The minimum absolute atomic E-state index is 0.182. The van der Waals surface area contributed by atoms with Crippen molar-refractivity contribution in [3.63, 3.8) is 0 Å². The fourth-order valence-corrected chi connectivity index (χ4v) is 6.99. The lowest BCUT2D eigenvalue weighted by Gasteiger charge is -2.30. The number of carbonyl (C=O) groups is 4. The number of nitrogens with one attached hydrogen (secondary N) is 3. The molecule has 2 fully saturated rings. The standard InChI is InChI=1S/C31H41ClN4O7S/c1-30(2,3)43-29(40)33-24-15-9-7-5-4-6-8-13-22-19-31(22,34-26(37)25-16-11-17-36(25)27(24)38)28(39)35-44(41,42)20-21-12-10-14-23(32)18-21/h6,10,12-14,18,22,24-25H,4-5,7,9,11,15-17,19-20H2,1-3H3,(H,33,40)(H,34,37)(H,35,39)/t8?,22-,24+,25+,31-/m1/s1. The first-order valence-electron chi connectivity index (χ1n) is 15.0. The number of rotatable bonds is 5. The second kappa shape index (κ2) is 13.7. The largest absolute Gasteiger partial charge is 0.444 e. The van der Waals surface area contributed by atoms with Crippen LogP contribution in [0.5, 0.6) is 0 Å². The summed E-state index contributed by atoms with van der Waals surface area (Å²) in [5, 5.41) is 5.86. The van der Waals surface area contributed by atoms with E-state index in [1.807, 2.05) is 6.08 Å². The van der Waals surface area contributed by atoms with Gasteiger partial charge in [0.05, 0.1) is 5.75 Å². The molecule has 240 valence electrons. The van der Waals surface area contributed by atoms with E-state index in [-0.39, 0.29) is 6.42 Å². The molecular formula is C31H41ClN4O7S. The minimum atomic E-state index is -4.13. The molecule has 3 N–H and O–H groups in total. The van der Waals surface area contributed by atoms with E-state index >= 15 is 0 Å². The molecule has 1 saturated carbocycles. The number of alkyl carbamates (subject to hydrolysis) is 1. The van der Waals surface area contributed by atoms with E-state index in [9.17, 15) is 27.6 Å². The van der Waals surface area contributed by atoms with Crippen LogP contribution in [0.2, 0.25) is 5.02 Å². The van der Waals surface area contributed by atoms with Gasteiger partial charge in [0.25, 0.3) is 5.91 Å². The number of ether oxygens (including phenoxy) is 1. The molecule has 1 aliphatic carbocycles. The van der Waals surface area contributed by atoms with Crippen LogP contribution in [-0.2, 0) is 34.9 Å². The summed E-state index contributed by atoms with van der Waals surface area (Å²) < 4.78 is 33.4. The maximum Gasteiger partial charge on any atom is 0.408 e. The molecule has 4 amide bonds. The topological polar surface area (TPSA) is 151 Å². The molecule has 1 aromatic carbocycles. The molecule has 1 saturated heterocycles. The summed E-state index contributed by atoms with van der Waals surface area (Å²) in [4.78, 5) is 55.0. The number of hydrogen-bond acceptors (Lipinski definition) is 7. The van der Waals surface area contributed by atoms with Crippen molar-refractivity contribution in [3.05, 3.63) is 52.7 Å². The minimum Gasteiger partial charge on any atom is -0.444 e. The van der Waals surface area contributed by atoms with Crippen LogP contribution in [-0.4, -0.2) is 66.9 Å². The number of benzene rings is 1. The average Bonchev–Trinajstić information content (AvgIpc) is 3.37. The van der Waals surface area contributed by atoms with Crippen molar-refractivity contribution in [1.29, 1.82) is 0 Å². The number of sulfonamides is 1. The lowest BCUT2D eigenvalue weighted by molar-refractivity contribution is -0.141. The quantitative estimate of drug-likeness (QED) is 0.412. The Kier molecular flexibility index (Phi) is 10.5. The van der Waals surface area contributed by atoms with Gasteiger partial charge in [-0.2, -0.15) is 0 Å². The highest BCUT2D eigenvalue weighted by Crippen LogP contribution is 2.45. The fourth-order valence-electron chi connectivity index (χ4n) is 5.62. The predicted molar refractivity (Wildman–Crippen MR) is 165 cm³/mol. The van der Waals surface area contributed by atoms with Crippen LogP contribution in [0, 0.1) is 5.92 Å². The maximum atomic E-state index is 13.7. The first-order valence-corrected chi connectivity index (χ1v) is 17.0. The van der Waals surface area contributed by atoms with Crippen molar-refractivity contribution < 1.29 is 32.3 Å². The zero-order valence-corrected chi connectivity index (χ0v) is 26.9. The van der Waals surface area contributed by atoms with Gasteiger partial charge >= 0.3 is 6.09 Å². The Bertz CT molecular complexity index is 1450. The maximum absolute atomic E-state index is 13.7. The fraction of sp³-hybridized carbons (Fsp3) is 0.581. The third-order valence-electron chi connectivity index (χ3n) is 7.84. The van der Waals surface area contributed by atoms with Gasteiger partial charge in [-0.3, -0.25) is 19.1 Å². The van der Waals surface area contributed by atoms with Crippen LogP contribution >= 0.6 is 11.6 Å². The van der Waals surface area contributed by atoms with Gasteiger partial charge in [0.2, 0.25) is 21.8 Å². The highest BCUT2D eigenvalue weighted by Gasteiger charge is 2.61. The molecule has 1 aromatic rings. The van der Waals surface area contributed by atoms with Crippen LogP contribution in [0.4, 0.5) is 4.79 Å². The van der Waals surface area contributed by atoms with Crippen molar-refractivity contribution in [2.24, 2.45) is 5.92 Å². The lowest BCUT2D eigenvalue weighted by atomic mass is 10.0. The molecule has 13 heteroatoms. The monoisotopic (exact) mass is 648 g/mol. The van der Waals surface area contributed by atoms with Crippen LogP contribution in [0.15, 0.2) is 42.1 Å². The number of halogens is 1. The third-order valence-corrected chi connectivity index (χ3v) is 9.29. The van der Waals surface area contributed by atoms with E-state index in [1.165, 1.54) is 11.0 Å². The molecule has 4 rings (SSSR count). The summed E-state index contributed by atoms with van der Waals surface area (Å²) in [6, 6.07) is 4.56. The van der Waals surface area contributed by atoms with Crippen LogP contribution in [0.3, 0.4) is 0 Å². The van der Waals surface area contributed by atoms with Crippen molar-refractivity contribution >= 4 is 45.4 Å². The lowest BCUT2D eigenvalue weighted by Crippen LogP contribution is -2.58. The third kappa shape index (κ3) is 8.86. The number of carbonyl (C=O) groups excluding carboxylic acids is 4. The molecule has 0 spiro atoms. The van der Waals surface area contributed by atoms with E-state index < -0.39 is 68.7 Å². The molecule has 0 aromatic heterocycles. The first-order chi connectivity index (χ1) is 20.7. The number of fused-ring (bicyclic) bond motifs is 2. The molecule has 0 bridgehead atoms. The van der Waals surface area contributed by atoms with Crippen molar-refractivity contribution in [3.8, 4) is 0 Å². The van der Waals surface area contributed by atoms with E-state index in [4.69, 9.17) is 16.3 Å². The molecule has 3 aliphatic rings. The Morgan fingerprint density at radius 2 is 1.93 bits per heavy atom. The summed E-state index contributed by atoms with van der Waals surface area (Å²) in [7, 11) is -4.13. The summed E-state index contributed by atoms with van der Waals surface area (Å²) in [5.74, 6) is -2.75. The van der Waals surface area contributed by atoms with Gasteiger partial charge in [0.15, 0.2) is 0 Å². The van der Waals surface area contributed by atoms with E-state index in [2.05, 4.69) is 21.1 Å². The highest BCUT2D eigenvalue weighted by molar-refractivity contribution is 7.89. The predicted octanol–water partition coefficient (Wildman–Crippen LogP) is 3.72. The molecule has 0 unspecified atom stereocenters. The zero-order valence-electron chi connectivity index (χ0n) is 25.4. The Balaban J connectivity index is 1.55. The smallest absolute Gasteiger partial charge is 0.408 e. The number of nitrogens with zero attached hydrogens (tertiary/aromatic N) is 1. The van der Waals surface area contributed by atoms with Crippen LogP contribution in [0.25, 0.3) is 0 Å². The van der Waals surface area contributed by atoms with Gasteiger partial charge < -0.3 is 20.3 Å². The average molecular weight is 649 g/mol. The molecule has 2 aliphatic heterocycles. The summed E-state index contributed by atoms with van der Waals surface area (Å²) in [6.07, 6.45) is 7.32. The van der Waals surface area contributed by atoms with Crippen LogP contribution in [0.1, 0.15) is 77.7 Å². The Labute approximate surface area is 263 Å². The van der Waals surface area contributed by atoms with Crippen LogP contribution < -0.4 is 15.4 Å². The second-order valence-electron chi connectivity index (χ2n) is 12.7. The summed E-state index contributed by atoms with van der Waals surface area (Å²) >= 11 is 5.99. The van der Waals surface area contributed by atoms with E-state index in [1.54, 1.807) is 45.0 Å². The van der Waals surface area contributed by atoms with Gasteiger partial charge in [-0.05, 0) is 89.1 Å². The molecular weight excluding hydrogens is 608 g/mol. The Morgan fingerprint density at radius 1 is 1.16 bits per heavy atom. The Hall–Kier alpha value is -3.34. The van der Waals surface area contributed by atoms with Gasteiger partial charge in [-0.1, -0.05) is 36.6 Å². The zero-order chi connectivity index (χ0) is 32.1. The highest BCUT2D eigenvalue weighted by atomic mass is 35.5. The van der Waals surface area contributed by atoms with Gasteiger partial charge in [0.1, 0.15) is 23.2 Å². The normalized spacial score (nSPS) is 26.3. The molecule has 11 nitrogen and oxygen atoms in total. The summed E-state index contributed by atoms with van der Waals surface area (Å²) in [6.45, 7) is 5.50. The molecule has 2 heterocycles. The van der Waals surface area contributed by atoms with Crippen molar-refractivity contribution in [2.75, 3.05) is 6.54 Å². The number of hydrogen-bond donors (Lipinski definition) is 3. The number of amides is 4.